The third-order valence-corrected chi connectivity index (χ3v) is 5.24. The van der Waals surface area contributed by atoms with Crippen LogP contribution in [0.2, 0.25) is 0 Å². The molecule has 2 aromatic heterocycles. The molecule has 1 fully saturated rings. The molecule has 0 unspecified atom stereocenters. The second-order valence-corrected chi connectivity index (χ2v) is 7.99. The maximum absolute atomic E-state index is 4.45. The van der Waals surface area contributed by atoms with Crippen LogP contribution in [0.1, 0.15) is 20.3 Å². The number of hydrogen-bond acceptors (Lipinski definition) is 6. The Bertz CT molecular complexity index is 704. The summed E-state index contributed by atoms with van der Waals surface area (Å²) >= 11 is 3.52. The number of fused-ring (bicyclic) bond motifs is 1. The van der Waals surface area contributed by atoms with E-state index in [2.05, 4.69) is 67.0 Å². The van der Waals surface area contributed by atoms with E-state index in [1.165, 1.54) is 0 Å². The standard InChI is InChI=1S/C16H26BrN7/c1-16(2,5-6-24-9-7-22(3)8-10-24)20-14-12-13(17)21-23(4)15(12)19-11-18-14/h11H,5-10H2,1-4H3,(H,18,19,20). The predicted octanol–water partition coefficient (Wildman–Crippen LogP) is 1.95. The minimum absolute atomic E-state index is 0.0556. The lowest BCUT2D eigenvalue weighted by Gasteiger charge is -2.35. The van der Waals surface area contributed by atoms with Crippen molar-refractivity contribution in [1.82, 2.24) is 29.5 Å². The van der Waals surface area contributed by atoms with Gasteiger partial charge in [-0.2, -0.15) is 5.10 Å². The van der Waals surface area contributed by atoms with E-state index in [9.17, 15) is 0 Å². The van der Waals surface area contributed by atoms with Gasteiger partial charge in [0.25, 0.3) is 0 Å². The van der Waals surface area contributed by atoms with Crippen molar-refractivity contribution in [2.45, 2.75) is 25.8 Å². The highest BCUT2D eigenvalue weighted by Crippen LogP contribution is 2.29. The minimum Gasteiger partial charge on any atom is -0.364 e. The van der Waals surface area contributed by atoms with Crippen LogP contribution in [0.15, 0.2) is 10.9 Å². The molecule has 3 rings (SSSR count). The van der Waals surface area contributed by atoms with Gasteiger partial charge in [0.15, 0.2) is 5.65 Å². The van der Waals surface area contributed by atoms with Crippen molar-refractivity contribution >= 4 is 32.8 Å². The number of nitrogens with one attached hydrogen (secondary N) is 1. The summed E-state index contributed by atoms with van der Waals surface area (Å²) in [6.45, 7) is 10.2. The fourth-order valence-electron chi connectivity index (χ4n) is 3.03. The molecule has 0 atom stereocenters. The zero-order chi connectivity index (χ0) is 17.3. The molecule has 132 valence electrons. The van der Waals surface area contributed by atoms with E-state index in [0.717, 1.165) is 60.6 Å². The van der Waals surface area contributed by atoms with E-state index in [1.807, 2.05) is 7.05 Å². The van der Waals surface area contributed by atoms with E-state index < -0.39 is 0 Å². The topological polar surface area (TPSA) is 62.1 Å². The van der Waals surface area contributed by atoms with E-state index in [-0.39, 0.29) is 5.54 Å². The largest absolute Gasteiger partial charge is 0.364 e. The summed E-state index contributed by atoms with van der Waals surface area (Å²) in [6.07, 6.45) is 2.65. The lowest BCUT2D eigenvalue weighted by atomic mass is 10.00. The van der Waals surface area contributed by atoms with Crippen LogP contribution < -0.4 is 5.32 Å². The molecule has 0 amide bonds. The van der Waals surface area contributed by atoms with Gasteiger partial charge in [0.05, 0.1) is 5.39 Å². The van der Waals surface area contributed by atoms with Crippen LogP contribution in [0.25, 0.3) is 11.0 Å². The Labute approximate surface area is 151 Å². The summed E-state index contributed by atoms with van der Waals surface area (Å²) in [5.74, 6) is 0.836. The highest BCUT2D eigenvalue weighted by atomic mass is 79.9. The Morgan fingerprint density at radius 2 is 1.88 bits per heavy atom. The molecule has 0 spiro atoms. The summed E-state index contributed by atoms with van der Waals surface area (Å²) in [4.78, 5) is 13.7. The average molecular weight is 396 g/mol. The maximum Gasteiger partial charge on any atom is 0.164 e. The van der Waals surface area contributed by atoms with Gasteiger partial charge >= 0.3 is 0 Å². The Morgan fingerprint density at radius 1 is 1.17 bits per heavy atom. The highest BCUT2D eigenvalue weighted by molar-refractivity contribution is 9.10. The fourth-order valence-corrected chi connectivity index (χ4v) is 3.63. The summed E-state index contributed by atoms with van der Waals surface area (Å²) in [6, 6.07) is 0. The first-order valence-electron chi connectivity index (χ1n) is 8.38. The van der Waals surface area contributed by atoms with E-state index in [0.29, 0.717) is 0 Å². The SMILES string of the molecule is CN1CCN(CCC(C)(C)Nc2ncnc3c2c(Br)nn3C)CC1. The molecule has 0 saturated carbocycles. The van der Waals surface area contributed by atoms with Crippen molar-refractivity contribution in [3.8, 4) is 0 Å². The number of rotatable bonds is 5. The van der Waals surface area contributed by atoms with Crippen LogP contribution >= 0.6 is 15.9 Å². The minimum atomic E-state index is -0.0556. The molecule has 0 bridgehead atoms. The van der Waals surface area contributed by atoms with Crippen LogP contribution in [0, 0.1) is 0 Å². The van der Waals surface area contributed by atoms with Gasteiger partial charge in [-0.3, -0.25) is 0 Å². The van der Waals surface area contributed by atoms with Gasteiger partial charge in [0.1, 0.15) is 16.7 Å². The Morgan fingerprint density at radius 3 is 2.58 bits per heavy atom. The summed E-state index contributed by atoms with van der Waals surface area (Å²) in [5.41, 5.74) is 0.772. The second-order valence-electron chi connectivity index (χ2n) is 7.24. The molecule has 2 aromatic rings. The van der Waals surface area contributed by atoms with Crippen molar-refractivity contribution < 1.29 is 0 Å². The smallest absolute Gasteiger partial charge is 0.164 e. The molecule has 8 heteroatoms. The van der Waals surface area contributed by atoms with Crippen LogP contribution in [-0.2, 0) is 7.05 Å². The van der Waals surface area contributed by atoms with Gasteiger partial charge in [0.2, 0.25) is 0 Å². The molecule has 1 saturated heterocycles. The van der Waals surface area contributed by atoms with E-state index in [4.69, 9.17) is 0 Å². The Hall–Kier alpha value is -1.25. The first-order chi connectivity index (χ1) is 11.4. The van der Waals surface area contributed by atoms with Crippen molar-refractivity contribution in [2.24, 2.45) is 7.05 Å². The van der Waals surface area contributed by atoms with Crippen molar-refractivity contribution in [1.29, 1.82) is 0 Å². The molecule has 0 aliphatic carbocycles. The van der Waals surface area contributed by atoms with E-state index in [1.54, 1.807) is 11.0 Å². The summed E-state index contributed by atoms with van der Waals surface area (Å²) in [5, 5.41) is 8.92. The molecule has 1 N–H and O–H groups in total. The number of anilines is 1. The number of likely N-dealkylation sites (N-methyl/N-ethyl adjacent to an activating group) is 1. The van der Waals surface area contributed by atoms with Gasteiger partial charge in [-0.25, -0.2) is 14.6 Å². The lowest BCUT2D eigenvalue weighted by molar-refractivity contribution is 0.147. The van der Waals surface area contributed by atoms with Crippen molar-refractivity contribution in [2.75, 3.05) is 45.1 Å². The molecule has 0 radical (unpaired) electrons. The number of halogens is 1. The summed E-state index contributed by atoms with van der Waals surface area (Å²) < 4.78 is 2.54. The van der Waals surface area contributed by atoms with Gasteiger partial charge in [0, 0.05) is 45.3 Å². The molecule has 0 aromatic carbocycles. The Balaban J connectivity index is 1.68. The van der Waals surface area contributed by atoms with Crippen molar-refractivity contribution in [3.05, 3.63) is 10.9 Å². The first kappa shape index (κ1) is 17.6. The lowest BCUT2D eigenvalue weighted by Crippen LogP contribution is -2.46. The average Bonchev–Trinajstić information content (AvgIpc) is 2.82. The van der Waals surface area contributed by atoms with Gasteiger partial charge in [-0.1, -0.05) is 0 Å². The second kappa shape index (κ2) is 6.93. The van der Waals surface area contributed by atoms with Crippen LogP contribution in [-0.4, -0.2) is 74.9 Å². The summed E-state index contributed by atoms with van der Waals surface area (Å²) in [7, 11) is 4.08. The molecule has 1 aliphatic rings. The third kappa shape index (κ3) is 3.87. The first-order valence-corrected chi connectivity index (χ1v) is 9.17. The molecule has 7 nitrogen and oxygen atoms in total. The zero-order valence-corrected chi connectivity index (χ0v) is 16.5. The number of aromatic nitrogens is 4. The van der Waals surface area contributed by atoms with Gasteiger partial charge < -0.3 is 15.1 Å². The fraction of sp³-hybridized carbons (Fsp3) is 0.688. The van der Waals surface area contributed by atoms with Crippen LogP contribution in [0.3, 0.4) is 0 Å². The quantitative estimate of drug-likeness (QED) is 0.834. The molecule has 1 aliphatic heterocycles. The molecular formula is C16H26BrN7. The molecule has 3 heterocycles. The number of piperazine rings is 1. The number of hydrogen-bond donors (Lipinski definition) is 1. The van der Waals surface area contributed by atoms with Gasteiger partial charge in [-0.15, -0.1) is 0 Å². The predicted molar refractivity (Wildman–Crippen MR) is 100 cm³/mol. The molecule has 24 heavy (non-hydrogen) atoms. The zero-order valence-electron chi connectivity index (χ0n) is 14.9. The highest BCUT2D eigenvalue weighted by Gasteiger charge is 2.23. The van der Waals surface area contributed by atoms with E-state index >= 15 is 0 Å². The normalized spacial score (nSPS) is 17.5. The maximum atomic E-state index is 4.45. The number of aryl methyl sites for hydroxylation is 1. The van der Waals surface area contributed by atoms with Crippen molar-refractivity contribution in [3.63, 3.8) is 0 Å². The van der Waals surface area contributed by atoms with Crippen LogP contribution in [0.5, 0.6) is 0 Å². The Kier molecular flexibility index (Phi) is 5.08. The molecular weight excluding hydrogens is 370 g/mol. The van der Waals surface area contributed by atoms with Crippen LogP contribution in [0.4, 0.5) is 5.82 Å². The third-order valence-electron chi connectivity index (χ3n) is 4.68. The monoisotopic (exact) mass is 395 g/mol. The number of nitrogens with zero attached hydrogens (tertiary/aromatic N) is 6. The van der Waals surface area contributed by atoms with Gasteiger partial charge in [-0.05, 0) is 43.2 Å².